The Balaban J connectivity index is 1.98. The SMILES string of the molecule is Cc1ccc(CNCc2c(C)nn(C)c2C)cc1F. The van der Waals surface area contributed by atoms with Gasteiger partial charge in [-0.05, 0) is 38.0 Å². The highest BCUT2D eigenvalue weighted by Gasteiger charge is 2.08. The van der Waals surface area contributed by atoms with Crippen LogP contribution in [0.5, 0.6) is 0 Å². The maximum atomic E-state index is 13.4. The van der Waals surface area contributed by atoms with Gasteiger partial charge >= 0.3 is 0 Å². The van der Waals surface area contributed by atoms with E-state index in [1.54, 1.807) is 13.0 Å². The van der Waals surface area contributed by atoms with E-state index in [1.165, 1.54) is 11.3 Å². The number of halogens is 1. The van der Waals surface area contributed by atoms with Crippen molar-refractivity contribution in [1.29, 1.82) is 0 Å². The fourth-order valence-electron chi connectivity index (χ4n) is 2.15. The normalized spacial score (nSPS) is 11.0. The summed E-state index contributed by atoms with van der Waals surface area (Å²) >= 11 is 0. The third-order valence-corrected chi connectivity index (χ3v) is 3.53. The second-order valence-corrected chi connectivity index (χ2v) is 4.96. The minimum absolute atomic E-state index is 0.145. The molecule has 1 aromatic heterocycles. The van der Waals surface area contributed by atoms with Gasteiger partial charge in [-0.1, -0.05) is 12.1 Å². The van der Waals surface area contributed by atoms with E-state index in [2.05, 4.69) is 17.3 Å². The minimum atomic E-state index is -0.145. The first-order chi connectivity index (χ1) is 8.99. The third kappa shape index (κ3) is 3.01. The smallest absolute Gasteiger partial charge is 0.126 e. The minimum Gasteiger partial charge on any atom is -0.308 e. The van der Waals surface area contributed by atoms with Crippen LogP contribution in [0.15, 0.2) is 18.2 Å². The van der Waals surface area contributed by atoms with Crippen molar-refractivity contribution >= 4 is 0 Å². The molecular weight excluding hydrogens is 241 g/mol. The molecule has 0 fully saturated rings. The van der Waals surface area contributed by atoms with Gasteiger partial charge < -0.3 is 5.32 Å². The maximum Gasteiger partial charge on any atom is 0.126 e. The second-order valence-electron chi connectivity index (χ2n) is 4.96. The summed E-state index contributed by atoms with van der Waals surface area (Å²) in [4.78, 5) is 0. The highest BCUT2D eigenvalue weighted by molar-refractivity contribution is 5.25. The maximum absolute atomic E-state index is 13.4. The lowest BCUT2D eigenvalue weighted by Crippen LogP contribution is -2.14. The summed E-state index contributed by atoms with van der Waals surface area (Å²) in [5.74, 6) is -0.145. The molecule has 0 saturated heterocycles. The Morgan fingerprint density at radius 2 is 1.95 bits per heavy atom. The number of nitrogens with zero attached hydrogens (tertiary/aromatic N) is 2. The zero-order chi connectivity index (χ0) is 14.0. The van der Waals surface area contributed by atoms with Crippen LogP contribution >= 0.6 is 0 Å². The summed E-state index contributed by atoms with van der Waals surface area (Å²) in [5.41, 5.74) is 5.07. The Bertz CT molecular complexity index is 587. The van der Waals surface area contributed by atoms with Gasteiger partial charge in [-0.2, -0.15) is 5.10 Å². The van der Waals surface area contributed by atoms with Crippen LogP contribution in [-0.2, 0) is 20.1 Å². The number of benzene rings is 1. The third-order valence-electron chi connectivity index (χ3n) is 3.53. The molecular formula is C15H20FN3. The van der Waals surface area contributed by atoms with Gasteiger partial charge in [0.1, 0.15) is 5.82 Å². The summed E-state index contributed by atoms with van der Waals surface area (Å²) in [6, 6.07) is 5.35. The first-order valence-corrected chi connectivity index (χ1v) is 6.44. The van der Waals surface area contributed by atoms with Gasteiger partial charge in [0.25, 0.3) is 0 Å². The lowest BCUT2D eigenvalue weighted by atomic mass is 10.1. The summed E-state index contributed by atoms with van der Waals surface area (Å²) in [5, 5.41) is 7.72. The molecule has 0 spiro atoms. The molecule has 19 heavy (non-hydrogen) atoms. The van der Waals surface area contributed by atoms with Crippen LogP contribution in [0.4, 0.5) is 4.39 Å². The Labute approximate surface area is 113 Å². The number of hydrogen-bond donors (Lipinski definition) is 1. The van der Waals surface area contributed by atoms with Gasteiger partial charge in [-0.15, -0.1) is 0 Å². The van der Waals surface area contributed by atoms with Crippen LogP contribution < -0.4 is 5.32 Å². The van der Waals surface area contributed by atoms with Crippen LogP contribution in [0.25, 0.3) is 0 Å². The molecule has 4 heteroatoms. The molecule has 0 aliphatic heterocycles. The fourth-order valence-corrected chi connectivity index (χ4v) is 2.15. The predicted octanol–water partition coefficient (Wildman–Crippen LogP) is 2.77. The predicted molar refractivity (Wildman–Crippen MR) is 74.4 cm³/mol. The Kier molecular flexibility index (Phi) is 4.00. The summed E-state index contributed by atoms with van der Waals surface area (Å²) < 4.78 is 15.3. The van der Waals surface area contributed by atoms with Crippen molar-refractivity contribution in [2.24, 2.45) is 7.05 Å². The van der Waals surface area contributed by atoms with Crippen molar-refractivity contribution in [2.45, 2.75) is 33.9 Å². The van der Waals surface area contributed by atoms with Gasteiger partial charge in [0.2, 0.25) is 0 Å². The second kappa shape index (κ2) is 5.53. The van der Waals surface area contributed by atoms with Crippen LogP contribution in [0.2, 0.25) is 0 Å². The first kappa shape index (κ1) is 13.7. The van der Waals surface area contributed by atoms with Crippen molar-refractivity contribution in [3.05, 3.63) is 52.1 Å². The van der Waals surface area contributed by atoms with Crippen molar-refractivity contribution in [2.75, 3.05) is 0 Å². The number of nitrogens with one attached hydrogen (secondary N) is 1. The molecule has 3 nitrogen and oxygen atoms in total. The van der Waals surface area contributed by atoms with Crippen molar-refractivity contribution in [3.63, 3.8) is 0 Å². The van der Waals surface area contributed by atoms with E-state index >= 15 is 0 Å². The molecule has 0 aliphatic rings. The number of aryl methyl sites for hydroxylation is 3. The van der Waals surface area contributed by atoms with Crippen molar-refractivity contribution in [3.8, 4) is 0 Å². The highest BCUT2D eigenvalue weighted by Crippen LogP contribution is 2.12. The van der Waals surface area contributed by atoms with Gasteiger partial charge in [0.15, 0.2) is 0 Å². The van der Waals surface area contributed by atoms with Crippen LogP contribution in [0.1, 0.15) is 28.1 Å². The molecule has 0 bridgehead atoms. The molecule has 102 valence electrons. The van der Waals surface area contributed by atoms with E-state index < -0.39 is 0 Å². The van der Waals surface area contributed by atoms with Gasteiger partial charge in [-0.3, -0.25) is 4.68 Å². The number of hydrogen-bond acceptors (Lipinski definition) is 2. The molecule has 0 unspecified atom stereocenters. The summed E-state index contributed by atoms with van der Waals surface area (Å²) in [6.07, 6.45) is 0. The molecule has 1 aromatic carbocycles. The standard InChI is InChI=1S/C15H20FN3/c1-10-5-6-13(7-15(10)16)8-17-9-14-11(2)18-19(4)12(14)3/h5-7,17H,8-9H2,1-4H3. The van der Waals surface area contributed by atoms with Crippen molar-refractivity contribution < 1.29 is 4.39 Å². The monoisotopic (exact) mass is 261 g/mol. The molecule has 2 rings (SSSR count). The Morgan fingerprint density at radius 3 is 2.53 bits per heavy atom. The molecule has 0 amide bonds. The summed E-state index contributed by atoms with van der Waals surface area (Å²) in [7, 11) is 1.95. The zero-order valence-electron chi connectivity index (χ0n) is 11.9. The first-order valence-electron chi connectivity index (χ1n) is 6.44. The molecule has 1 heterocycles. The van der Waals surface area contributed by atoms with Gasteiger partial charge in [-0.25, -0.2) is 4.39 Å². The Hall–Kier alpha value is -1.68. The summed E-state index contributed by atoms with van der Waals surface area (Å²) in [6.45, 7) is 7.25. The topological polar surface area (TPSA) is 29.9 Å². The largest absolute Gasteiger partial charge is 0.308 e. The molecule has 0 aliphatic carbocycles. The number of rotatable bonds is 4. The molecule has 0 radical (unpaired) electrons. The average Bonchev–Trinajstić information content (AvgIpc) is 2.60. The van der Waals surface area contributed by atoms with Crippen LogP contribution in [-0.4, -0.2) is 9.78 Å². The van der Waals surface area contributed by atoms with Crippen LogP contribution in [0.3, 0.4) is 0 Å². The molecule has 0 atom stereocenters. The van der Waals surface area contributed by atoms with E-state index in [1.807, 2.05) is 30.8 Å². The molecule has 1 N–H and O–H groups in total. The lowest BCUT2D eigenvalue weighted by molar-refractivity contribution is 0.611. The van der Waals surface area contributed by atoms with Gasteiger partial charge in [0, 0.05) is 31.4 Å². The average molecular weight is 261 g/mol. The highest BCUT2D eigenvalue weighted by atomic mass is 19.1. The quantitative estimate of drug-likeness (QED) is 0.917. The zero-order valence-corrected chi connectivity index (χ0v) is 11.9. The lowest BCUT2D eigenvalue weighted by Gasteiger charge is -2.07. The molecule has 0 saturated carbocycles. The van der Waals surface area contributed by atoms with Crippen LogP contribution in [0, 0.1) is 26.6 Å². The van der Waals surface area contributed by atoms with E-state index in [0.29, 0.717) is 12.1 Å². The molecule has 2 aromatic rings. The van der Waals surface area contributed by atoms with Gasteiger partial charge in [0.05, 0.1) is 5.69 Å². The van der Waals surface area contributed by atoms with E-state index in [0.717, 1.165) is 17.8 Å². The number of aromatic nitrogens is 2. The Morgan fingerprint density at radius 1 is 1.21 bits per heavy atom. The van der Waals surface area contributed by atoms with E-state index in [4.69, 9.17) is 0 Å². The van der Waals surface area contributed by atoms with E-state index in [-0.39, 0.29) is 5.82 Å². The van der Waals surface area contributed by atoms with Crippen molar-refractivity contribution in [1.82, 2.24) is 15.1 Å². The van der Waals surface area contributed by atoms with E-state index in [9.17, 15) is 4.39 Å². The fraction of sp³-hybridized carbons (Fsp3) is 0.400.